The number of hydrogen-bond donors (Lipinski definition) is 2. The summed E-state index contributed by atoms with van der Waals surface area (Å²) in [5, 5.41) is 2.71. The summed E-state index contributed by atoms with van der Waals surface area (Å²) in [5.41, 5.74) is 1.54. The maximum Gasteiger partial charge on any atom is 0.292 e. The van der Waals surface area contributed by atoms with Crippen LogP contribution in [0.5, 0.6) is 0 Å². The van der Waals surface area contributed by atoms with Crippen LogP contribution in [-0.2, 0) is 10.1 Å². The molecule has 74 valence electrons. The SMILES string of the molecule is CC1=CC(C)(S(=O)(=O)O)NC(C)=C1. The Balaban J connectivity index is 3.19. The van der Waals surface area contributed by atoms with Gasteiger partial charge in [-0.25, -0.2) is 0 Å². The molecule has 0 saturated heterocycles. The van der Waals surface area contributed by atoms with E-state index in [1.54, 1.807) is 13.8 Å². The number of rotatable bonds is 1. The van der Waals surface area contributed by atoms with Crippen molar-refractivity contribution in [1.82, 2.24) is 5.32 Å². The minimum Gasteiger partial charge on any atom is -0.365 e. The first-order chi connectivity index (χ1) is 5.74. The Labute approximate surface area is 78.1 Å². The van der Waals surface area contributed by atoms with E-state index in [-0.39, 0.29) is 0 Å². The molecule has 4 nitrogen and oxygen atoms in total. The highest BCUT2D eigenvalue weighted by Gasteiger charge is 2.37. The van der Waals surface area contributed by atoms with Gasteiger partial charge < -0.3 is 5.32 Å². The van der Waals surface area contributed by atoms with Crippen LogP contribution in [0, 0.1) is 0 Å². The van der Waals surface area contributed by atoms with Gasteiger partial charge in [0.05, 0.1) is 0 Å². The van der Waals surface area contributed by atoms with E-state index in [9.17, 15) is 8.42 Å². The second-order valence-corrected chi connectivity index (χ2v) is 5.22. The highest BCUT2D eigenvalue weighted by Crippen LogP contribution is 2.22. The Morgan fingerprint density at radius 3 is 2.38 bits per heavy atom. The highest BCUT2D eigenvalue weighted by atomic mass is 32.2. The van der Waals surface area contributed by atoms with Gasteiger partial charge in [-0.2, -0.15) is 8.42 Å². The summed E-state index contributed by atoms with van der Waals surface area (Å²) in [6, 6.07) is 0. The Hall–Kier alpha value is -0.810. The Morgan fingerprint density at radius 1 is 1.46 bits per heavy atom. The smallest absolute Gasteiger partial charge is 0.292 e. The van der Waals surface area contributed by atoms with Gasteiger partial charge in [-0.3, -0.25) is 4.55 Å². The molecule has 0 fully saturated rings. The quantitative estimate of drug-likeness (QED) is 0.625. The molecule has 0 aliphatic carbocycles. The van der Waals surface area contributed by atoms with Crippen LogP contribution >= 0.6 is 0 Å². The van der Waals surface area contributed by atoms with Gasteiger partial charge in [0, 0.05) is 5.70 Å². The lowest BCUT2D eigenvalue weighted by Crippen LogP contribution is -2.48. The molecule has 1 atom stereocenters. The van der Waals surface area contributed by atoms with Gasteiger partial charge in [0.15, 0.2) is 4.87 Å². The second-order valence-electron chi connectivity index (χ2n) is 3.42. The molecule has 0 amide bonds. The van der Waals surface area contributed by atoms with Crippen LogP contribution < -0.4 is 5.32 Å². The van der Waals surface area contributed by atoms with Crippen molar-refractivity contribution in [2.45, 2.75) is 25.6 Å². The van der Waals surface area contributed by atoms with Crippen LogP contribution in [0.2, 0.25) is 0 Å². The molecule has 0 radical (unpaired) electrons. The van der Waals surface area contributed by atoms with Gasteiger partial charge in [0.25, 0.3) is 10.1 Å². The van der Waals surface area contributed by atoms with E-state index in [0.717, 1.165) is 11.3 Å². The highest BCUT2D eigenvalue weighted by molar-refractivity contribution is 7.87. The summed E-state index contributed by atoms with van der Waals surface area (Å²) < 4.78 is 31.0. The second kappa shape index (κ2) is 2.85. The van der Waals surface area contributed by atoms with Crippen molar-refractivity contribution in [3.63, 3.8) is 0 Å². The van der Waals surface area contributed by atoms with E-state index in [1.807, 2.05) is 6.08 Å². The predicted molar refractivity (Wildman–Crippen MR) is 50.6 cm³/mol. The van der Waals surface area contributed by atoms with E-state index in [4.69, 9.17) is 4.55 Å². The lowest BCUT2D eigenvalue weighted by molar-refractivity contribution is 0.436. The predicted octanol–water partition coefficient (Wildman–Crippen LogP) is 1.04. The van der Waals surface area contributed by atoms with Crippen LogP contribution in [0.4, 0.5) is 0 Å². The summed E-state index contributed by atoms with van der Waals surface area (Å²) in [7, 11) is -4.12. The van der Waals surface area contributed by atoms with Crippen molar-refractivity contribution < 1.29 is 13.0 Å². The Bertz CT molecular complexity index is 380. The first kappa shape index (κ1) is 10.3. The number of dihydropyridines is 1. The Kier molecular flexibility index (Phi) is 2.25. The van der Waals surface area contributed by atoms with Crippen molar-refractivity contribution in [1.29, 1.82) is 0 Å². The van der Waals surface area contributed by atoms with Crippen molar-refractivity contribution in [2.24, 2.45) is 0 Å². The third kappa shape index (κ3) is 1.92. The summed E-state index contributed by atoms with van der Waals surface area (Å²) in [4.78, 5) is -1.39. The average Bonchev–Trinajstić information content (AvgIpc) is 1.79. The van der Waals surface area contributed by atoms with Crippen LogP contribution in [0.25, 0.3) is 0 Å². The summed E-state index contributed by atoms with van der Waals surface area (Å²) >= 11 is 0. The summed E-state index contributed by atoms with van der Waals surface area (Å²) in [6.07, 6.45) is 3.29. The molecule has 1 aliphatic rings. The Morgan fingerprint density at radius 2 is 2.00 bits per heavy atom. The van der Waals surface area contributed by atoms with Crippen molar-refractivity contribution in [2.75, 3.05) is 0 Å². The molecular weight excluding hydrogens is 190 g/mol. The third-order valence-corrected chi connectivity index (χ3v) is 3.22. The maximum absolute atomic E-state index is 11.0. The first-order valence-electron chi connectivity index (χ1n) is 3.87. The zero-order chi connectivity index (χ0) is 10.3. The fourth-order valence-corrected chi connectivity index (χ4v) is 2.05. The van der Waals surface area contributed by atoms with Gasteiger partial charge in [0.2, 0.25) is 0 Å². The zero-order valence-corrected chi connectivity index (χ0v) is 8.64. The van der Waals surface area contributed by atoms with Gasteiger partial charge in [0.1, 0.15) is 0 Å². The summed E-state index contributed by atoms with van der Waals surface area (Å²) in [6.45, 7) is 4.95. The molecule has 0 spiro atoms. The molecule has 1 aliphatic heterocycles. The molecule has 2 N–H and O–H groups in total. The first-order valence-corrected chi connectivity index (χ1v) is 5.31. The van der Waals surface area contributed by atoms with E-state index < -0.39 is 15.0 Å². The monoisotopic (exact) mass is 203 g/mol. The molecular formula is C8H13NO3S. The lowest BCUT2D eigenvalue weighted by Gasteiger charge is -2.29. The van der Waals surface area contributed by atoms with E-state index in [2.05, 4.69) is 5.32 Å². The number of allylic oxidation sites excluding steroid dienone is 3. The zero-order valence-electron chi connectivity index (χ0n) is 7.83. The van der Waals surface area contributed by atoms with Crippen molar-refractivity contribution in [3.05, 3.63) is 23.4 Å². The fraction of sp³-hybridized carbons (Fsp3) is 0.500. The molecule has 5 heteroatoms. The van der Waals surface area contributed by atoms with E-state index in [0.29, 0.717) is 0 Å². The van der Waals surface area contributed by atoms with Gasteiger partial charge >= 0.3 is 0 Å². The molecule has 0 aromatic rings. The molecule has 1 unspecified atom stereocenters. The number of hydrogen-bond acceptors (Lipinski definition) is 3. The van der Waals surface area contributed by atoms with Crippen LogP contribution in [0.15, 0.2) is 23.4 Å². The van der Waals surface area contributed by atoms with Crippen LogP contribution in [-0.4, -0.2) is 17.8 Å². The molecule has 0 saturated carbocycles. The minimum absolute atomic E-state index is 0.722. The standard InChI is InChI=1S/C8H13NO3S/c1-6-4-7(2)9-8(3,5-6)13(10,11)12/h4-5,9H,1-3H3,(H,10,11,12). The lowest BCUT2D eigenvalue weighted by atomic mass is 10.1. The molecule has 1 heterocycles. The largest absolute Gasteiger partial charge is 0.365 e. The van der Waals surface area contributed by atoms with Crippen LogP contribution in [0.3, 0.4) is 0 Å². The molecule has 0 aromatic carbocycles. The minimum atomic E-state index is -4.12. The average molecular weight is 203 g/mol. The molecule has 0 aromatic heterocycles. The van der Waals surface area contributed by atoms with Crippen molar-refractivity contribution in [3.8, 4) is 0 Å². The van der Waals surface area contributed by atoms with Gasteiger partial charge in [-0.15, -0.1) is 0 Å². The summed E-state index contributed by atoms with van der Waals surface area (Å²) in [5.74, 6) is 0. The topological polar surface area (TPSA) is 66.4 Å². The molecule has 1 rings (SSSR count). The van der Waals surface area contributed by atoms with E-state index in [1.165, 1.54) is 13.0 Å². The number of nitrogens with one attached hydrogen (secondary N) is 1. The fourth-order valence-electron chi connectivity index (χ4n) is 1.42. The molecule has 13 heavy (non-hydrogen) atoms. The third-order valence-electron chi connectivity index (χ3n) is 1.93. The normalized spacial score (nSPS) is 28.9. The van der Waals surface area contributed by atoms with Gasteiger partial charge in [-0.1, -0.05) is 0 Å². The molecule has 0 bridgehead atoms. The van der Waals surface area contributed by atoms with Gasteiger partial charge in [-0.05, 0) is 38.5 Å². The maximum atomic E-state index is 11.0. The van der Waals surface area contributed by atoms with Crippen LogP contribution in [0.1, 0.15) is 20.8 Å². The van der Waals surface area contributed by atoms with Crippen molar-refractivity contribution >= 4 is 10.1 Å². The van der Waals surface area contributed by atoms with E-state index >= 15 is 0 Å².